The highest BCUT2D eigenvalue weighted by Crippen LogP contribution is 2.18. The van der Waals surface area contributed by atoms with Crippen molar-refractivity contribution >= 4 is 0 Å². The Balaban J connectivity index is 1.60. The summed E-state index contributed by atoms with van der Waals surface area (Å²) in [7, 11) is 0. The van der Waals surface area contributed by atoms with Gasteiger partial charge in [0.2, 0.25) is 0 Å². The second-order valence-electron chi connectivity index (χ2n) is 4.55. The second-order valence-corrected chi connectivity index (χ2v) is 4.55. The monoisotopic (exact) mass is 235 g/mol. The fourth-order valence-corrected chi connectivity index (χ4v) is 1.74. The highest BCUT2D eigenvalue weighted by atomic mass is 16.5. The molecule has 1 aliphatic rings. The molecule has 2 rings (SSSR count). The van der Waals surface area contributed by atoms with Crippen molar-refractivity contribution < 1.29 is 9.84 Å². The Morgan fingerprint density at radius 2 is 2.00 bits per heavy atom. The smallest absolute Gasteiger partial charge is 0.119 e. The van der Waals surface area contributed by atoms with E-state index in [1.807, 2.05) is 24.3 Å². The quantitative estimate of drug-likeness (QED) is 0.674. The van der Waals surface area contributed by atoms with Gasteiger partial charge in [-0.25, -0.2) is 0 Å². The molecule has 0 saturated heterocycles. The lowest BCUT2D eigenvalue weighted by atomic mass is 10.1. The molecule has 1 aromatic rings. The number of benzene rings is 1. The van der Waals surface area contributed by atoms with E-state index in [4.69, 9.17) is 9.84 Å². The lowest BCUT2D eigenvalue weighted by Gasteiger charge is -2.07. The van der Waals surface area contributed by atoms with Gasteiger partial charge in [0.05, 0.1) is 6.61 Å². The molecule has 0 spiro atoms. The van der Waals surface area contributed by atoms with Crippen LogP contribution in [0.1, 0.15) is 24.8 Å². The summed E-state index contributed by atoms with van der Waals surface area (Å²) in [6.45, 7) is 2.01. The fraction of sp³-hybridized carbons (Fsp3) is 0.571. The first-order chi connectivity index (χ1) is 8.38. The maximum absolute atomic E-state index is 8.80. The molecule has 0 aromatic heterocycles. The number of rotatable bonds is 8. The molecule has 2 N–H and O–H groups in total. The van der Waals surface area contributed by atoms with Gasteiger partial charge in [-0.05, 0) is 49.9 Å². The zero-order valence-corrected chi connectivity index (χ0v) is 10.2. The van der Waals surface area contributed by atoms with Crippen LogP contribution < -0.4 is 10.1 Å². The lowest BCUT2D eigenvalue weighted by molar-refractivity contribution is 0.298. The van der Waals surface area contributed by atoms with Gasteiger partial charge in [-0.3, -0.25) is 0 Å². The number of hydrogen-bond acceptors (Lipinski definition) is 3. The van der Waals surface area contributed by atoms with Gasteiger partial charge in [-0.2, -0.15) is 0 Å². The molecule has 1 fully saturated rings. The molecule has 1 aliphatic carbocycles. The van der Waals surface area contributed by atoms with E-state index in [-0.39, 0.29) is 6.61 Å². The molecule has 0 unspecified atom stereocenters. The molecule has 3 heteroatoms. The van der Waals surface area contributed by atoms with E-state index >= 15 is 0 Å². The molecule has 0 heterocycles. The van der Waals surface area contributed by atoms with Gasteiger partial charge in [-0.15, -0.1) is 0 Å². The Hall–Kier alpha value is -1.06. The topological polar surface area (TPSA) is 41.5 Å². The molecule has 1 saturated carbocycles. The van der Waals surface area contributed by atoms with Gasteiger partial charge >= 0.3 is 0 Å². The zero-order valence-electron chi connectivity index (χ0n) is 10.2. The Labute approximate surface area is 103 Å². The third-order valence-corrected chi connectivity index (χ3v) is 2.92. The van der Waals surface area contributed by atoms with Gasteiger partial charge in [0, 0.05) is 12.6 Å². The van der Waals surface area contributed by atoms with E-state index < -0.39 is 0 Å². The normalized spacial score (nSPS) is 14.9. The summed E-state index contributed by atoms with van der Waals surface area (Å²) < 4.78 is 5.64. The minimum atomic E-state index is 0.201. The van der Waals surface area contributed by atoms with Crippen LogP contribution in [0.4, 0.5) is 0 Å². The summed E-state index contributed by atoms with van der Waals surface area (Å²) in [6, 6.07) is 8.74. The van der Waals surface area contributed by atoms with Gasteiger partial charge in [0.25, 0.3) is 0 Å². The Morgan fingerprint density at radius 1 is 1.24 bits per heavy atom. The molecular formula is C14H21NO2. The largest absolute Gasteiger partial charge is 0.494 e. The van der Waals surface area contributed by atoms with Crippen molar-refractivity contribution in [2.45, 2.75) is 31.7 Å². The van der Waals surface area contributed by atoms with E-state index in [1.54, 1.807) is 0 Å². The molecule has 0 atom stereocenters. The highest BCUT2D eigenvalue weighted by molar-refractivity contribution is 5.27. The van der Waals surface area contributed by atoms with Crippen LogP contribution >= 0.6 is 0 Å². The van der Waals surface area contributed by atoms with Crippen molar-refractivity contribution in [3.8, 4) is 5.75 Å². The summed E-state index contributed by atoms with van der Waals surface area (Å²) in [5.41, 5.74) is 1.15. The fourth-order valence-electron chi connectivity index (χ4n) is 1.74. The lowest BCUT2D eigenvalue weighted by Crippen LogP contribution is -2.19. The van der Waals surface area contributed by atoms with E-state index in [0.29, 0.717) is 6.42 Å². The summed E-state index contributed by atoms with van der Waals surface area (Å²) in [5, 5.41) is 12.3. The predicted molar refractivity (Wildman–Crippen MR) is 68.4 cm³/mol. The number of aliphatic hydroxyl groups excluding tert-OH is 1. The Bertz CT molecular complexity index is 319. The maximum Gasteiger partial charge on any atom is 0.119 e. The van der Waals surface area contributed by atoms with E-state index in [1.165, 1.54) is 12.8 Å². The average Bonchev–Trinajstić information content (AvgIpc) is 3.15. The van der Waals surface area contributed by atoms with Gasteiger partial charge < -0.3 is 15.2 Å². The number of nitrogens with one attached hydrogen (secondary N) is 1. The molecular weight excluding hydrogens is 214 g/mol. The SMILES string of the molecule is OCCc1ccc(OCCCNC2CC2)cc1. The van der Waals surface area contributed by atoms with Crippen molar-refractivity contribution in [3.05, 3.63) is 29.8 Å². The van der Waals surface area contributed by atoms with Crippen LogP contribution in [-0.2, 0) is 6.42 Å². The molecule has 3 nitrogen and oxygen atoms in total. The van der Waals surface area contributed by atoms with E-state index in [9.17, 15) is 0 Å². The summed E-state index contributed by atoms with van der Waals surface area (Å²) in [4.78, 5) is 0. The molecule has 0 bridgehead atoms. The van der Waals surface area contributed by atoms with Gasteiger partial charge in [0.1, 0.15) is 5.75 Å². The summed E-state index contributed by atoms with van der Waals surface area (Å²) in [5.74, 6) is 0.915. The third-order valence-electron chi connectivity index (χ3n) is 2.92. The van der Waals surface area contributed by atoms with Crippen LogP contribution in [-0.4, -0.2) is 30.9 Å². The minimum Gasteiger partial charge on any atom is -0.494 e. The molecule has 0 amide bonds. The van der Waals surface area contributed by atoms with Crippen molar-refractivity contribution in [3.63, 3.8) is 0 Å². The van der Waals surface area contributed by atoms with Crippen molar-refractivity contribution in [1.82, 2.24) is 5.32 Å². The molecule has 94 valence electrons. The molecule has 17 heavy (non-hydrogen) atoms. The third kappa shape index (κ3) is 4.75. The summed E-state index contributed by atoms with van der Waals surface area (Å²) >= 11 is 0. The molecule has 0 radical (unpaired) electrons. The molecule has 1 aromatic carbocycles. The Kier molecular flexibility index (Phi) is 4.83. The van der Waals surface area contributed by atoms with Gasteiger partial charge in [0.15, 0.2) is 0 Å². The second kappa shape index (κ2) is 6.62. The van der Waals surface area contributed by atoms with Crippen LogP contribution in [0.25, 0.3) is 0 Å². The summed E-state index contributed by atoms with van der Waals surface area (Å²) in [6.07, 6.45) is 4.45. The maximum atomic E-state index is 8.80. The Morgan fingerprint density at radius 3 is 2.65 bits per heavy atom. The van der Waals surface area contributed by atoms with Crippen molar-refractivity contribution in [1.29, 1.82) is 0 Å². The van der Waals surface area contributed by atoms with Gasteiger partial charge in [-0.1, -0.05) is 12.1 Å². The highest BCUT2D eigenvalue weighted by Gasteiger charge is 2.19. The number of hydrogen-bond donors (Lipinski definition) is 2. The van der Waals surface area contributed by atoms with Crippen molar-refractivity contribution in [2.75, 3.05) is 19.8 Å². The standard InChI is InChI=1S/C14H21NO2/c16-10-8-12-2-6-14(7-3-12)17-11-1-9-15-13-4-5-13/h2-3,6-7,13,15-16H,1,4-5,8-11H2. The first kappa shape index (κ1) is 12.4. The van der Waals surface area contributed by atoms with E-state index in [2.05, 4.69) is 5.32 Å². The number of ether oxygens (including phenoxy) is 1. The van der Waals surface area contributed by atoms with Crippen LogP contribution in [0, 0.1) is 0 Å². The first-order valence-corrected chi connectivity index (χ1v) is 6.44. The predicted octanol–water partition coefficient (Wildman–Crippen LogP) is 1.74. The average molecular weight is 235 g/mol. The zero-order chi connectivity index (χ0) is 11.9. The van der Waals surface area contributed by atoms with E-state index in [0.717, 1.165) is 36.9 Å². The van der Waals surface area contributed by atoms with Crippen LogP contribution in [0.3, 0.4) is 0 Å². The first-order valence-electron chi connectivity index (χ1n) is 6.44. The molecule has 0 aliphatic heterocycles. The van der Waals surface area contributed by atoms with Crippen molar-refractivity contribution in [2.24, 2.45) is 0 Å². The van der Waals surface area contributed by atoms with Crippen LogP contribution in [0.15, 0.2) is 24.3 Å². The van der Waals surface area contributed by atoms with Crippen LogP contribution in [0.2, 0.25) is 0 Å². The number of aliphatic hydroxyl groups is 1. The minimum absolute atomic E-state index is 0.201. The van der Waals surface area contributed by atoms with Crippen LogP contribution in [0.5, 0.6) is 5.75 Å².